The zero-order valence-electron chi connectivity index (χ0n) is 16.8. The number of aryl methyl sites for hydroxylation is 2. The van der Waals surface area contributed by atoms with Gasteiger partial charge in [-0.05, 0) is 31.6 Å². The highest BCUT2D eigenvalue weighted by Gasteiger charge is 2.64. The van der Waals surface area contributed by atoms with Crippen LogP contribution in [0.15, 0.2) is 35.5 Å². The minimum absolute atomic E-state index is 0.0684. The number of benzene rings is 1. The number of nitrogens with zero attached hydrogens (tertiary/aromatic N) is 3. The van der Waals surface area contributed by atoms with Crippen LogP contribution in [0.4, 0.5) is 5.69 Å². The fraction of sp³-hybridized carbons (Fsp3) is 0.455. The van der Waals surface area contributed by atoms with Crippen molar-refractivity contribution < 1.29 is 14.4 Å². The highest BCUT2D eigenvalue weighted by Crippen LogP contribution is 2.47. The maximum absolute atomic E-state index is 13.5. The second kappa shape index (κ2) is 6.12. The van der Waals surface area contributed by atoms with Crippen molar-refractivity contribution in [3.8, 4) is 0 Å². The van der Waals surface area contributed by atoms with E-state index in [9.17, 15) is 14.4 Å². The second-order valence-electron chi connectivity index (χ2n) is 8.93. The van der Waals surface area contributed by atoms with Gasteiger partial charge in [-0.1, -0.05) is 44.5 Å². The molecule has 2 saturated heterocycles. The van der Waals surface area contributed by atoms with Gasteiger partial charge in [0.1, 0.15) is 6.04 Å². The number of carbonyl (C=O) groups is 3. The molecule has 3 heterocycles. The lowest BCUT2D eigenvalue weighted by Gasteiger charge is -2.33. The highest BCUT2D eigenvalue weighted by molar-refractivity contribution is 6.24. The third-order valence-corrected chi connectivity index (χ3v) is 5.89. The predicted molar refractivity (Wildman–Crippen MR) is 107 cm³/mol. The number of imide groups is 1. The molecular weight excluding hydrogens is 354 g/mol. The summed E-state index contributed by atoms with van der Waals surface area (Å²) in [6, 6.07) is 4.56. The van der Waals surface area contributed by atoms with Gasteiger partial charge in [0, 0.05) is 11.6 Å². The van der Waals surface area contributed by atoms with Gasteiger partial charge in [-0.15, -0.1) is 0 Å². The van der Waals surface area contributed by atoms with Gasteiger partial charge in [0.2, 0.25) is 11.8 Å². The Morgan fingerprint density at radius 1 is 1.07 bits per heavy atom. The molecule has 4 rings (SSSR count). The van der Waals surface area contributed by atoms with Gasteiger partial charge >= 0.3 is 0 Å². The zero-order valence-corrected chi connectivity index (χ0v) is 16.8. The molecule has 0 saturated carbocycles. The van der Waals surface area contributed by atoms with Crippen LogP contribution in [0.1, 0.15) is 31.9 Å². The Morgan fingerprint density at radius 3 is 2.39 bits per heavy atom. The van der Waals surface area contributed by atoms with Crippen LogP contribution in [-0.2, 0) is 14.4 Å². The zero-order chi connectivity index (χ0) is 20.4. The van der Waals surface area contributed by atoms with E-state index in [0.717, 1.165) is 11.1 Å². The molecule has 2 amide bonds. The van der Waals surface area contributed by atoms with Gasteiger partial charge < -0.3 is 0 Å². The summed E-state index contributed by atoms with van der Waals surface area (Å²) in [5, 5.41) is 6.03. The highest BCUT2D eigenvalue weighted by atomic mass is 16.2. The Bertz CT molecular complexity index is 941. The van der Waals surface area contributed by atoms with E-state index in [1.165, 1.54) is 4.90 Å². The van der Waals surface area contributed by atoms with Crippen LogP contribution in [0.2, 0.25) is 0 Å². The Labute approximate surface area is 164 Å². The van der Waals surface area contributed by atoms with E-state index in [4.69, 9.17) is 0 Å². The largest absolute Gasteiger partial charge is 0.297 e. The third kappa shape index (κ3) is 2.54. The first-order valence-electron chi connectivity index (χ1n) is 9.61. The quantitative estimate of drug-likeness (QED) is 0.741. The Balaban J connectivity index is 1.81. The number of ketones is 1. The molecule has 0 unspecified atom stereocenters. The molecule has 0 aliphatic carbocycles. The van der Waals surface area contributed by atoms with E-state index in [1.807, 2.05) is 58.9 Å². The summed E-state index contributed by atoms with van der Waals surface area (Å²) in [6.07, 6.45) is 5.26. The number of carbonyl (C=O) groups excluding carboxylic acids is 3. The topological polar surface area (TPSA) is 70.1 Å². The molecule has 4 atom stereocenters. The van der Waals surface area contributed by atoms with Gasteiger partial charge in [0.05, 0.1) is 23.6 Å². The predicted octanol–water partition coefficient (Wildman–Crippen LogP) is 2.63. The van der Waals surface area contributed by atoms with E-state index in [2.05, 4.69) is 5.10 Å². The Morgan fingerprint density at radius 2 is 1.75 bits per heavy atom. The van der Waals surface area contributed by atoms with Crippen molar-refractivity contribution in [1.29, 1.82) is 0 Å². The molecule has 6 nitrogen and oxygen atoms in total. The summed E-state index contributed by atoms with van der Waals surface area (Å²) in [6.45, 7) is 9.38. The number of anilines is 1. The average molecular weight is 379 g/mol. The van der Waals surface area contributed by atoms with E-state index in [1.54, 1.807) is 17.3 Å². The molecule has 0 N–H and O–H groups in total. The summed E-state index contributed by atoms with van der Waals surface area (Å²) in [4.78, 5) is 41.4. The second-order valence-corrected chi connectivity index (χ2v) is 8.93. The fourth-order valence-corrected chi connectivity index (χ4v) is 4.57. The number of hydrogen-bond acceptors (Lipinski definition) is 5. The van der Waals surface area contributed by atoms with Gasteiger partial charge in [-0.2, -0.15) is 5.10 Å². The van der Waals surface area contributed by atoms with Gasteiger partial charge in [0.25, 0.3) is 0 Å². The molecule has 1 aromatic rings. The van der Waals surface area contributed by atoms with Crippen molar-refractivity contribution in [1.82, 2.24) is 5.01 Å². The van der Waals surface area contributed by atoms with E-state index in [0.29, 0.717) is 5.69 Å². The first-order chi connectivity index (χ1) is 13.1. The molecule has 0 aromatic heterocycles. The van der Waals surface area contributed by atoms with Crippen LogP contribution in [-0.4, -0.2) is 40.9 Å². The standard InChI is InChI=1S/C22H25N3O3/c1-12-8-9-14(13(2)11-12)24-20(27)16-15-7-6-10-23-25(15)18(17(16)21(24)28)19(26)22(3,4)5/h6-11,15-18H,1-5H3/t15-,16-,17-,18+/m0/s1. The van der Waals surface area contributed by atoms with Gasteiger partial charge in [-0.25, -0.2) is 4.90 Å². The minimum atomic E-state index is -0.733. The van der Waals surface area contributed by atoms with Gasteiger partial charge in [0.15, 0.2) is 5.78 Å². The number of hydrogen-bond donors (Lipinski definition) is 0. The van der Waals surface area contributed by atoms with Crippen molar-refractivity contribution in [3.05, 3.63) is 41.5 Å². The maximum Gasteiger partial charge on any atom is 0.240 e. The van der Waals surface area contributed by atoms with Gasteiger partial charge in [-0.3, -0.25) is 19.4 Å². The Hall–Kier alpha value is -2.76. The summed E-state index contributed by atoms with van der Waals surface area (Å²) in [7, 11) is 0. The molecule has 28 heavy (non-hydrogen) atoms. The van der Waals surface area contributed by atoms with E-state index >= 15 is 0 Å². The number of hydrazone groups is 1. The van der Waals surface area contributed by atoms with Crippen LogP contribution in [0.3, 0.4) is 0 Å². The summed E-state index contributed by atoms with van der Waals surface area (Å²) in [5.74, 6) is -1.94. The molecule has 3 aliphatic heterocycles. The molecule has 0 spiro atoms. The molecule has 0 radical (unpaired) electrons. The molecule has 146 valence electrons. The average Bonchev–Trinajstić information content (AvgIpc) is 3.08. The van der Waals surface area contributed by atoms with Crippen molar-refractivity contribution in [2.24, 2.45) is 22.4 Å². The first kappa shape index (κ1) is 18.6. The number of fused-ring (bicyclic) bond motifs is 3. The lowest BCUT2D eigenvalue weighted by Crippen LogP contribution is -2.49. The van der Waals surface area contributed by atoms with Crippen molar-refractivity contribution in [2.75, 3.05) is 4.90 Å². The molecule has 3 aliphatic rings. The Kier molecular flexibility index (Phi) is 4.07. The molecular formula is C22H25N3O3. The molecule has 2 fully saturated rings. The number of amides is 2. The van der Waals surface area contributed by atoms with Crippen LogP contribution >= 0.6 is 0 Å². The first-order valence-corrected chi connectivity index (χ1v) is 9.61. The smallest absolute Gasteiger partial charge is 0.240 e. The minimum Gasteiger partial charge on any atom is -0.297 e. The number of Topliss-reactive ketones (excluding diaryl/α,β-unsaturated/α-hetero) is 1. The summed E-state index contributed by atoms with van der Waals surface area (Å²) < 4.78 is 0. The van der Waals surface area contributed by atoms with Crippen molar-refractivity contribution in [3.63, 3.8) is 0 Å². The number of allylic oxidation sites excluding steroid dienone is 1. The van der Waals surface area contributed by atoms with Crippen LogP contribution in [0.5, 0.6) is 0 Å². The molecule has 6 heteroatoms. The maximum atomic E-state index is 13.5. The lowest BCUT2D eigenvalue weighted by molar-refractivity contribution is -0.136. The SMILES string of the molecule is Cc1ccc(N2C(=O)[C@@H]3[C@H](C2=O)[C@H](C(=O)C(C)(C)C)N2N=CC=C[C@@H]32)c(C)c1. The monoisotopic (exact) mass is 379 g/mol. The molecule has 1 aromatic carbocycles. The van der Waals surface area contributed by atoms with Crippen LogP contribution in [0.25, 0.3) is 0 Å². The fourth-order valence-electron chi connectivity index (χ4n) is 4.57. The summed E-state index contributed by atoms with van der Waals surface area (Å²) >= 11 is 0. The van der Waals surface area contributed by atoms with E-state index < -0.39 is 23.3 Å². The number of rotatable bonds is 2. The third-order valence-electron chi connectivity index (χ3n) is 5.89. The normalized spacial score (nSPS) is 28.8. The van der Waals surface area contributed by atoms with Crippen LogP contribution < -0.4 is 4.90 Å². The van der Waals surface area contributed by atoms with Crippen molar-refractivity contribution in [2.45, 2.75) is 46.7 Å². The van der Waals surface area contributed by atoms with Crippen molar-refractivity contribution >= 4 is 29.5 Å². The molecule has 0 bridgehead atoms. The lowest BCUT2D eigenvalue weighted by atomic mass is 9.80. The summed E-state index contributed by atoms with van der Waals surface area (Å²) in [5.41, 5.74) is 1.90. The van der Waals surface area contributed by atoms with E-state index in [-0.39, 0.29) is 23.6 Å². The van der Waals surface area contributed by atoms with Crippen LogP contribution in [0, 0.1) is 31.1 Å².